The molecule has 0 radical (unpaired) electrons. The van der Waals surface area contributed by atoms with Crippen LogP contribution in [0.25, 0.3) is 0 Å². The van der Waals surface area contributed by atoms with E-state index in [0.29, 0.717) is 24.5 Å². The molecule has 2 aromatic rings. The smallest absolute Gasteiger partial charge is 0.257 e. The molecule has 0 aliphatic carbocycles. The maximum Gasteiger partial charge on any atom is 0.257 e. The average molecular weight is 454 g/mol. The molecule has 33 heavy (non-hydrogen) atoms. The number of para-hydroxylation sites is 1. The topological polar surface area (TPSA) is 79.8 Å². The van der Waals surface area contributed by atoms with E-state index >= 15 is 0 Å². The van der Waals surface area contributed by atoms with Crippen LogP contribution in [0, 0.1) is 6.92 Å². The SMILES string of the molecule is CNc1cc(C)nc(C2(C)CCCN(C(=O)c3ccccc3OCCN3CCOCC3)C2)n1. The van der Waals surface area contributed by atoms with Crippen molar-refractivity contribution in [2.75, 3.05) is 64.9 Å². The van der Waals surface area contributed by atoms with Crippen LogP contribution in [0.3, 0.4) is 0 Å². The number of anilines is 1. The van der Waals surface area contributed by atoms with Gasteiger partial charge in [0.1, 0.15) is 24.0 Å². The van der Waals surface area contributed by atoms with Gasteiger partial charge >= 0.3 is 0 Å². The lowest BCUT2D eigenvalue weighted by Gasteiger charge is -2.39. The van der Waals surface area contributed by atoms with Crippen LogP contribution in [0.1, 0.15) is 41.6 Å². The zero-order valence-electron chi connectivity index (χ0n) is 20.0. The second kappa shape index (κ2) is 10.5. The standard InChI is InChI=1S/C25H35N5O3/c1-19-17-22(26-3)28-24(27-19)25(2)9-6-10-30(18-25)23(31)20-7-4-5-8-21(20)33-16-13-29-11-14-32-15-12-29/h4-5,7-8,17H,6,9-16,18H2,1-3H3,(H,26,27,28). The van der Waals surface area contributed by atoms with Gasteiger partial charge in [0.15, 0.2) is 0 Å². The number of amides is 1. The lowest BCUT2D eigenvalue weighted by molar-refractivity contribution is 0.0321. The maximum absolute atomic E-state index is 13.6. The van der Waals surface area contributed by atoms with E-state index in [1.54, 1.807) is 0 Å². The van der Waals surface area contributed by atoms with E-state index in [4.69, 9.17) is 19.4 Å². The number of nitrogens with zero attached hydrogens (tertiary/aromatic N) is 4. The van der Waals surface area contributed by atoms with Crippen LogP contribution in [-0.4, -0.2) is 85.3 Å². The summed E-state index contributed by atoms with van der Waals surface area (Å²) in [5.74, 6) is 2.25. The van der Waals surface area contributed by atoms with Gasteiger partial charge in [0.2, 0.25) is 0 Å². The number of benzene rings is 1. The number of ether oxygens (including phenoxy) is 2. The van der Waals surface area contributed by atoms with Crippen molar-refractivity contribution in [3.63, 3.8) is 0 Å². The van der Waals surface area contributed by atoms with Crippen molar-refractivity contribution in [3.05, 3.63) is 47.4 Å². The van der Waals surface area contributed by atoms with E-state index < -0.39 is 0 Å². The predicted molar refractivity (Wildman–Crippen MR) is 128 cm³/mol. The number of hydrogen-bond acceptors (Lipinski definition) is 7. The molecule has 2 fully saturated rings. The fraction of sp³-hybridized carbons (Fsp3) is 0.560. The lowest BCUT2D eigenvalue weighted by Crippen LogP contribution is -2.48. The second-order valence-electron chi connectivity index (χ2n) is 9.16. The van der Waals surface area contributed by atoms with Crippen LogP contribution in [0.4, 0.5) is 5.82 Å². The molecule has 0 spiro atoms. The Bertz CT molecular complexity index is 963. The summed E-state index contributed by atoms with van der Waals surface area (Å²) < 4.78 is 11.5. The summed E-state index contributed by atoms with van der Waals surface area (Å²) in [4.78, 5) is 27.3. The van der Waals surface area contributed by atoms with Crippen molar-refractivity contribution in [3.8, 4) is 5.75 Å². The van der Waals surface area contributed by atoms with Gasteiger partial charge in [-0.3, -0.25) is 9.69 Å². The Balaban J connectivity index is 1.46. The monoisotopic (exact) mass is 453 g/mol. The molecule has 8 nitrogen and oxygen atoms in total. The van der Waals surface area contributed by atoms with Gasteiger partial charge in [0.05, 0.1) is 18.8 Å². The van der Waals surface area contributed by atoms with Crippen molar-refractivity contribution in [2.45, 2.75) is 32.1 Å². The Morgan fingerprint density at radius 3 is 2.79 bits per heavy atom. The number of carbonyl (C=O) groups excluding carboxylic acids is 1. The number of carbonyl (C=O) groups is 1. The zero-order valence-corrected chi connectivity index (χ0v) is 20.0. The molecule has 1 atom stereocenters. The number of nitrogens with one attached hydrogen (secondary N) is 1. The molecule has 1 aromatic carbocycles. The minimum atomic E-state index is -0.294. The van der Waals surface area contributed by atoms with E-state index in [2.05, 4.69) is 17.1 Å². The molecule has 4 rings (SSSR count). The third kappa shape index (κ3) is 5.62. The van der Waals surface area contributed by atoms with Gasteiger partial charge in [0, 0.05) is 56.9 Å². The molecule has 8 heteroatoms. The van der Waals surface area contributed by atoms with Crippen LogP contribution in [-0.2, 0) is 10.2 Å². The number of morpholine rings is 1. The summed E-state index contributed by atoms with van der Waals surface area (Å²) >= 11 is 0. The van der Waals surface area contributed by atoms with Gasteiger partial charge in [-0.25, -0.2) is 9.97 Å². The molecule has 1 amide bonds. The molecule has 1 unspecified atom stereocenters. The number of aryl methyl sites for hydroxylation is 1. The summed E-state index contributed by atoms with van der Waals surface area (Å²) in [7, 11) is 1.86. The highest BCUT2D eigenvalue weighted by Crippen LogP contribution is 2.34. The first-order valence-corrected chi connectivity index (χ1v) is 11.8. The van der Waals surface area contributed by atoms with Gasteiger partial charge in [-0.05, 0) is 31.9 Å². The average Bonchev–Trinajstić information content (AvgIpc) is 2.84. The van der Waals surface area contributed by atoms with Crippen LogP contribution < -0.4 is 10.1 Å². The van der Waals surface area contributed by atoms with E-state index in [-0.39, 0.29) is 11.3 Å². The van der Waals surface area contributed by atoms with E-state index in [0.717, 1.165) is 69.6 Å². The molecule has 1 N–H and O–H groups in total. The highest BCUT2D eigenvalue weighted by Gasteiger charge is 2.38. The first-order chi connectivity index (χ1) is 16.0. The lowest BCUT2D eigenvalue weighted by atomic mass is 9.80. The van der Waals surface area contributed by atoms with Gasteiger partial charge in [-0.1, -0.05) is 19.1 Å². The summed E-state index contributed by atoms with van der Waals surface area (Å²) in [5, 5.41) is 3.12. The molecule has 2 aliphatic heterocycles. The Hall–Kier alpha value is -2.71. The number of piperidine rings is 1. The summed E-state index contributed by atoms with van der Waals surface area (Å²) in [6.45, 7) is 10.2. The molecule has 3 heterocycles. The fourth-order valence-corrected chi connectivity index (χ4v) is 4.61. The molecule has 1 aromatic heterocycles. The third-order valence-corrected chi connectivity index (χ3v) is 6.52. The third-order valence-electron chi connectivity index (χ3n) is 6.52. The molecule has 178 valence electrons. The second-order valence-corrected chi connectivity index (χ2v) is 9.16. The van der Waals surface area contributed by atoms with Crippen LogP contribution in [0.5, 0.6) is 5.75 Å². The fourth-order valence-electron chi connectivity index (χ4n) is 4.61. The van der Waals surface area contributed by atoms with Crippen molar-refractivity contribution in [1.29, 1.82) is 0 Å². The van der Waals surface area contributed by atoms with Crippen molar-refractivity contribution in [2.24, 2.45) is 0 Å². The Kier molecular flexibility index (Phi) is 7.45. The normalized spacial score (nSPS) is 21.6. The summed E-state index contributed by atoms with van der Waals surface area (Å²) in [5.41, 5.74) is 1.25. The number of likely N-dealkylation sites (tertiary alicyclic amines) is 1. The van der Waals surface area contributed by atoms with Crippen molar-refractivity contribution in [1.82, 2.24) is 19.8 Å². The first-order valence-electron chi connectivity index (χ1n) is 11.8. The first kappa shape index (κ1) is 23.4. The van der Waals surface area contributed by atoms with E-state index in [1.807, 2.05) is 49.2 Å². The van der Waals surface area contributed by atoms with E-state index in [9.17, 15) is 4.79 Å². The van der Waals surface area contributed by atoms with Crippen LogP contribution in [0.2, 0.25) is 0 Å². The van der Waals surface area contributed by atoms with E-state index in [1.165, 1.54) is 0 Å². The Morgan fingerprint density at radius 1 is 1.21 bits per heavy atom. The highest BCUT2D eigenvalue weighted by molar-refractivity contribution is 5.97. The number of rotatable bonds is 7. The molecule has 2 aliphatic rings. The maximum atomic E-state index is 13.6. The zero-order chi connectivity index (χ0) is 23.3. The number of hydrogen-bond donors (Lipinski definition) is 1. The molecule has 2 saturated heterocycles. The molecule has 0 saturated carbocycles. The van der Waals surface area contributed by atoms with Crippen LogP contribution in [0.15, 0.2) is 30.3 Å². The van der Waals surface area contributed by atoms with Gasteiger partial charge < -0.3 is 19.7 Å². The van der Waals surface area contributed by atoms with Gasteiger partial charge in [-0.15, -0.1) is 0 Å². The Morgan fingerprint density at radius 2 is 2.00 bits per heavy atom. The summed E-state index contributed by atoms with van der Waals surface area (Å²) in [6.07, 6.45) is 1.86. The molecule has 0 bridgehead atoms. The van der Waals surface area contributed by atoms with Crippen molar-refractivity contribution < 1.29 is 14.3 Å². The van der Waals surface area contributed by atoms with Gasteiger partial charge in [-0.2, -0.15) is 0 Å². The summed E-state index contributed by atoms with van der Waals surface area (Å²) in [6, 6.07) is 9.50. The largest absolute Gasteiger partial charge is 0.491 e. The van der Waals surface area contributed by atoms with Gasteiger partial charge in [0.25, 0.3) is 5.91 Å². The minimum Gasteiger partial charge on any atom is -0.491 e. The van der Waals surface area contributed by atoms with Crippen molar-refractivity contribution >= 4 is 11.7 Å². The molecular formula is C25H35N5O3. The predicted octanol–water partition coefficient (Wildman–Crippen LogP) is 2.73. The Labute approximate surface area is 196 Å². The quantitative estimate of drug-likeness (QED) is 0.690. The van der Waals surface area contributed by atoms with Crippen LogP contribution >= 0.6 is 0 Å². The molecular weight excluding hydrogens is 418 g/mol. The highest BCUT2D eigenvalue weighted by atomic mass is 16.5. The minimum absolute atomic E-state index is 0.00407. The number of aromatic nitrogens is 2.